The van der Waals surface area contributed by atoms with Gasteiger partial charge in [-0.2, -0.15) is 0 Å². The third-order valence-electron chi connectivity index (χ3n) is 3.90. The summed E-state index contributed by atoms with van der Waals surface area (Å²) in [7, 11) is 2.14. The van der Waals surface area contributed by atoms with Crippen LogP contribution in [0.5, 0.6) is 0 Å². The molecule has 1 N–H and O–H groups in total. The largest absolute Gasteiger partial charge is 0.317 e. The van der Waals surface area contributed by atoms with Crippen molar-refractivity contribution in [3.63, 3.8) is 0 Å². The van der Waals surface area contributed by atoms with Gasteiger partial charge in [0.25, 0.3) is 0 Å². The summed E-state index contributed by atoms with van der Waals surface area (Å²) >= 11 is 0. The summed E-state index contributed by atoms with van der Waals surface area (Å²) in [6, 6.07) is 0.851. The SMILES string of the molecule is CNC(CC1CCC1)C1CCC1. The van der Waals surface area contributed by atoms with E-state index < -0.39 is 0 Å². The summed E-state index contributed by atoms with van der Waals surface area (Å²) in [5.41, 5.74) is 0. The van der Waals surface area contributed by atoms with Crippen molar-refractivity contribution in [3.8, 4) is 0 Å². The van der Waals surface area contributed by atoms with Crippen molar-refractivity contribution in [2.24, 2.45) is 11.8 Å². The number of nitrogens with one attached hydrogen (secondary N) is 1. The Bertz CT molecular complexity index is 136. The van der Waals surface area contributed by atoms with Crippen molar-refractivity contribution in [2.45, 2.75) is 51.0 Å². The molecular weight excluding hydrogens is 146 g/mol. The molecule has 2 aliphatic rings. The quantitative estimate of drug-likeness (QED) is 0.678. The van der Waals surface area contributed by atoms with Crippen LogP contribution in [-0.4, -0.2) is 13.1 Å². The Morgan fingerprint density at radius 2 is 1.83 bits per heavy atom. The zero-order valence-corrected chi connectivity index (χ0v) is 8.18. The minimum atomic E-state index is 0.851. The van der Waals surface area contributed by atoms with Crippen LogP contribution in [0.1, 0.15) is 44.9 Å². The third kappa shape index (κ3) is 1.66. The highest BCUT2D eigenvalue weighted by Gasteiger charge is 2.29. The van der Waals surface area contributed by atoms with Crippen LogP contribution in [0.25, 0.3) is 0 Å². The normalized spacial score (nSPS) is 27.8. The van der Waals surface area contributed by atoms with Crippen LogP contribution in [0, 0.1) is 11.8 Å². The highest BCUT2D eigenvalue weighted by atomic mass is 14.9. The fraction of sp³-hybridized carbons (Fsp3) is 1.00. The summed E-state index contributed by atoms with van der Waals surface area (Å²) in [4.78, 5) is 0. The van der Waals surface area contributed by atoms with Gasteiger partial charge >= 0.3 is 0 Å². The Morgan fingerprint density at radius 1 is 1.17 bits per heavy atom. The highest BCUT2D eigenvalue weighted by Crippen LogP contribution is 2.37. The smallest absolute Gasteiger partial charge is 0.00949 e. The van der Waals surface area contributed by atoms with Crippen LogP contribution in [0.2, 0.25) is 0 Å². The predicted octanol–water partition coefficient (Wildman–Crippen LogP) is 2.56. The molecule has 12 heavy (non-hydrogen) atoms. The molecule has 0 aromatic rings. The Balaban J connectivity index is 1.73. The molecule has 1 nitrogen and oxygen atoms in total. The molecule has 1 heteroatoms. The van der Waals surface area contributed by atoms with Crippen LogP contribution in [0.4, 0.5) is 0 Å². The van der Waals surface area contributed by atoms with Gasteiger partial charge in [0.05, 0.1) is 0 Å². The van der Waals surface area contributed by atoms with E-state index in [4.69, 9.17) is 0 Å². The summed E-state index contributed by atoms with van der Waals surface area (Å²) < 4.78 is 0. The van der Waals surface area contributed by atoms with Gasteiger partial charge in [-0.15, -0.1) is 0 Å². The molecule has 0 spiro atoms. The average molecular weight is 167 g/mol. The Kier molecular flexibility index (Phi) is 2.69. The average Bonchev–Trinajstić information content (AvgIpc) is 1.89. The molecule has 0 aromatic carbocycles. The van der Waals surface area contributed by atoms with Crippen LogP contribution in [0.3, 0.4) is 0 Å². The molecule has 2 saturated carbocycles. The molecule has 2 aliphatic carbocycles. The van der Waals surface area contributed by atoms with Crippen molar-refractivity contribution in [1.29, 1.82) is 0 Å². The maximum Gasteiger partial charge on any atom is 0.00949 e. The number of hydrogen-bond donors (Lipinski definition) is 1. The lowest BCUT2D eigenvalue weighted by Crippen LogP contribution is -2.39. The summed E-state index contributed by atoms with van der Waals surface area (Å²) in [6.45, 7) is 0. The van der Waals surface area contributed by atoms with E-state index in [9.17, 15) is 0 Å². The maximum absolute atomic E-state index is 3.50. The summed E-state index contributed by atoms with van der Waals surface area (Å²) in [6.07, 6.45) is 10.4. The topological polar surface area (TPSA) is 12.0 Å². The monoisotopic (exact) mass is 167 g/mol. The highest BCUT2D eigenvalue weighted by molar-refractivity contribution is 4.85. The van der Waals surface area contributed by atoms with Gasteiger partial charge in [0, 0.05) is 6.04 Å². The van der Waals surface area contributed by atoms with E-state index in [1.165, 1.54) is 44.9 Å². The molecule has 2 fully saturated rings. The first kappa shape index (κ1) is 8.55. The standard InChI is InChI=1S/C11H21N/c1-12-11(10-6-3-7-10)8-9-4-2-5-9/h9-12H,2-8H2,1H3. The molecule has 2 rings (SSSR count). The number of rotatable bonds is 4. The van der Waals surface area contributed by atoms with Crippen LogP contribution in [0.15, 0.2) is 0 Å². The summed E-state index contributed by atoms with van der Waals surface area (Å²) in [5.74, 6) is 2.10. The molecule has 0 radical (unpaired) electrons. The Hall–Kier alpha value is -0.0400. The van der Waals surface area contributed by atoms with Gasteiger partial charge in [0.1, 0.15) is 0 Å². The van der Waals surface area contributed by atoms with Crippen molar-refractivity contribution in [3.05, 3.63) is 0 Å². The first-order valence-electron chi connectivity index (χ1n) is 5.57. The minimum Gasteiger partial charge on any atom is -0.317 e. The van der Waals surface area contributed by atoms with E-state index in [0.717, 1.165) is 17.9 Å². The molecule has 0 heterocycles. The molecule has 0 amide bonds. The molecule has 0 aliphatic heterocycles. The van der Waals surface area contributed by atoms with Gasteiger partial charge in [-0.25, -0.2) is 0 Å². The van der Waals surface area contributed by atoms with Gasteiger partial charge in [0.15, 0.2) is 0 Å². The molecule has 0 saturated heterocycles. The van der Waals surface area contributed by atoms with Crippen molar-refractivity contribution in [1.82, 2.24) is 5.32 Å². The van der Waals surface area contributed by atoms with Gasteiger partial charge < -0.3 is 5.32 Å². The summed E-state index contributed by atoms with van der Waals surface area (Å²) in [5, 5.41) is 3.50. The Morgan fingerprint density at radius 3 is 2.17 bits per heavy atom. The van der Waals surface area contributed by atoms with Gasteiger partial charge in [0.2, 0.25) is 0 Å². The second kappa shape index (κ2) is 3.78. The van der Waals surface area contributed by atoms with Crippen molar-refractivity contribution < 1.29 is 0 Å². The van der Waals surface area contributed by atoms with Crippen molar-refractivity contribution >= 4 is 0 Å². The lowest BCUT2D eigenvalue weighted by Gasteiger charge is -2.38. The number of hydrogen-bond acceptors (Lipinski definition) is 1. The van der Waals surface area contributed by atoms with E-state index in [1.54, 1.807) is 0 Å². The van der Waals surface area contributed by atoms with Crippen LogP contribution >= 0.6 is 0 Å². The van der Waals surface area contributed by atoms with E-state index in [1.807, 2.05) is 0 Å². The lowest BCUT2D eigenvalue weighted by atomic mass is 9.73. The molecular formula is C11H21N. The Labute approximate surface area is 75.9 Å². The predicted molar refractivity (Wildman–Crippen MR) is 52.1 cm³/mol. The second-order valence-corrected chi connectivity index (χ2v) is 4.62. The van der Waals surface area contributed by atoms with Gasteiger partial charge in [-0.3, -0.25) is 0 Å². The molecule has 70 valence electrons. The van der Waals surface area contributed by atoms with E-state index in [-0.39, 0.29) is 0 Å². The zero-order chi connectivity index (χ0) is 8.39. The van der Waals surface area contributed by atoms with Crippen LogP contribution < -0.4 is 5.32 Å². The van der Waals surface area contributed by atoms with Crippen molar-refractivity contribution in [2.75, 3.05) is 7.05 Å². The first-order valence-corrected chi connectivity index (χ1v) is 5.57. The minimum absolute atomic E-state index is 0.851. The second-order valence-electron chi connectivity index (χ2n) is 4.62. The fourth-order valence-electron chi connectivity index (χ4n) is 2.48. The van der Waals surface area contributed by atoms with E-state index >= 15 is 0 Å². The molecule has 0 aromatic heterocycles. The van der Waals surface area contributed by atoms with Crippen LogP contribution in [-0.2, 0) is 0 Å². The molecule has 1 unspecified atom stereocenters. The van der Waals surface area contributed by atoms with E-state index in [0.29, 0.717) is 0 Å². The third-order valence-corrected chi connectivity index (χ3v) is 3.90. The maximum atomic E-state index is 3.50. The molecule has 0 bridgehead atoms. The lowest BCUT2D eigenvalue weighted by molar-refractivity contribution is 0.176. The first-order chi connectivity index (χ1) is 5.90. The fourth-order valence-corrected chi connectivity index (χ4v) is 2.48. The van der Waals surface area contributed by atoms with E-state index in [2.05, 4.69) is 12.4 Å². The van der Waals surface area contributed by atoms with Gasteiger partial charge in [-0.05, 0) is 38.1 Å². The zero-order valence-electron chi connectivity index (χ0n) is 8.18. The molecule has 1 atom stereocenters. The van der Waals surface area contributed by atoms with Gasteiger partial charge in [-0.1, -0.05) is 25.7 Å².